The predicted octanol–water partition coefficient (Wildman–Crippen LogP) is 2.89. The van der Waals surface area contributed by atoms with Crippen LogP contribution in [-0.2, 0) is 9.59 Å². The van der Waals surface area contributed by atoms with Gasteiger partial charge in [-0.05, 0) is 38.0 Å². The van der Waals surface area contributed by atoms with E-state index in [9.17, 15) is 9.59 Å². The normalized spacial score (nSPS) is 25.9. The Hall–Kier alpha value is -1.32. The number of hydrogen-bond acceptors (Lipinski definition) is 2. The van der Waals surface area contributed by atoms with Crippen molar-refractivity contribution in [2.45, 2.75) is 64.8 Å². The summed E-state index contributed by atoms with van der Waals surface area (Å²) in [6.45, 7) is 4.83. The van der Waals surface area contributed by atoms with Gasteiger partial charge in [0.1, 0.15) is 6.04 Å². The molecule has 21 heavy (non-hydrogen) atoms. The minimum Gasteiger partial charge on any atom is -0.344 e. The van der Waals surface area contributed by atoms with Crippen LogP contribution in [-0.4, -0.2) is 36.3 Å². The van der Waals surface area contributed by atoms with Crippen LogP contribution >= 0.6 is 0 Å². The van der Waals surface area contributed by atoms with Gasteiger partial charge in [-0.2, -0.15) is 0 Å². The summed E-state index contributed by atoms with van der Waals surface area (Å²) < 4.78 is 0. The predicted molar refractivity (Wildman–Crippen MR) is 85.9 cm³/mol. The van der Waals surface area contributed by atoms with E-state index in [4.69, 9.17) is 0 Å². The van der Waals surface area contributed by atoms with Crippen molar-refractivity contribution in [1.82, 2.24) is 10.2 Å². The molecule has 0 spiro atoms. The lowest BCUT2D eigenvalue weighted by molar-refractivity contribution is -0.136. The van der Waals surface area contributed by atoms with Crippen molar-refractivity contribution in [3.8, 4) is 0 Å². The Morgan fingerprint density at radius 1 is 1.24 bits per heavy atom. The number of amides is 2. The van der Waals surface area contributed by atoms with Gasteiger partial charge in [0.15, 0.2) is 0 Å². The summed E-state index contributed by atoms with van der Waals surface area (Å²) in [5.74, 6) is 0.207. The van der Waals surface area contributed by atoms with Gasteiger partial charge >= 0.3 is 0 Å². The molecule has 0 saturated carbocycles. The first kappa shape index (κ1) is 17.7. The molecule has 1 N–H and O–H groups in total. The van der Waals surface area contributed by atoms with Crippen LogP contribution in [0.1, 0.15) is 58.8 Å². The molecule has 4 nitrogen and oxygen atoms in total. The molecule has 0 aromatic carbocycles. The highest BCUT2D eigenvalue weighted by atomic mass is 16.2. The quantitative estimate of drug-likeness (QED) is 0.796. The van der Waals surface area contributed by atoms with Gasteiger partial charge in [0.05, 0.1) is 0 Å². The van der Waals surface area contributed by atoms with Crippen molar-refractivity contribution < 1.29 is 9.59 Å². The second kappa shape index (κ2) is 9.59. The zero-order valence-corrected chi connectivity index (χ0v) is 13.7. The first-order valence-corrected chi connectivity index (χ1v) is 8.25. The average molecular weight is 294 g/mol. The third-order valence-corrected chi connectivity index (χ3v) is 4.23. The minimum absolute atomic E-state index is 0.00286. The molecule has 0 radical (unpaired) electrons. The number of likely N-dealkylation sites (N-methyl/N-ethyl adjacent to an activating group) is 1. The van der Waals surface area contributed by atoms with Gasteiger partial charge < -0.3 is 10.2 Å². The van der Waals surface area contributed by atoms with Crippen molar-refractivity contribution in [1.29, 1.82) is 0 Å². The van der Waals surface area contributed by atoms with Crippen LogP contribution in [0.3, 0.4) is 0 Å². The number of nitrogens with zero attached hydrogens (tertiary/aromatic N) is 1. The molecule has 4 heteroatoms. The lowest BCUT2D eigenvalue weighted by Gasteiger charge is -2.28. The Balaban J connectivity index is 2.76. The Morgan fingerprint density at radius 3 is 2.57 bits per heavy atom. The topological polar surface area (TPSA) is 49.4 Å². The van der Waals surface area contributed by atoms with Crippen LogP contribution in [0, 0.1) is 5.92 Å². The summed E-state index contributed by atoms with van der Waals surface area (Å²) in [4.78, 5) is 26.4. The zero-order chi connectivity index (χ0) is 15.7. The Morgan fingerprint density at radius 2 is 1.90 bits per heavy atom. The van der Waals surface area contributed by atoms with E-state index in [1.165, 1.54) is 0 Å². The fourth-order valence-corrected chi connectivity index (χ4v) is 2.51. The van der Waals surface area contributed by atoms with E-state index in [0.717, 1.165) is 45.1 Å². The highest BCUT2D eigenvalue weighted by Gasteiger charge is 2.27. The van der Waals surface area contributed by atoms with Crippen molar-refractivity contribution in [2.75, 3.05) is 13.6 Å². The molecule has 1 aliphatic rings. The molecule has 0 aromatic rings. The standard InChI is InChI=1S/C17H30N2O2/c1-4-14(2)16-17(21)19(3)13-11-9-7-5-6-8-10-12-15(20)18-16/h5,7,14,16H,4,6,8-13H2,1-3H3,(H,18,20)/b7-5+/t14-,16?/m0/s1. The van der Waals surface area contributed by atoms with E-state index in [1.807, 2.05) is 14.0 Å². The van der Waals surface area contributed by atoms with Gasteiger partial charge in [-0.15, -0.1) is 0 Å². The summed E-state index contributed by atoms with van der Waals surface area (Å²) in [5.41, 5.74) is 0. The van der Waals surface area contributed by atoms with Crippen molar-refractivity contribution in [3.63, 3.8) is 0 Å². The number of carbonyl (C=O) groups excluding carboxylic acids is 2. The van der Waals surface area contributed by atoms with Crippen molar-refractivity contribution >= 4 is 11.8 Å². The Bertz CT molecular complexity index is 366. The summed E-state index contributed by atoms with van der Waals surface area (Å²) in [7, 11) is 1.83. The largest absolute Gasteiger partial charge is 0.344 e. The van der Waals surface area contributed by atoms with Crippen molar-refractivity contribution in [3.05, 3.63) is 12.2 Å². The number of rotatable bonds is 2. The molecule has 2 atom stereocenters. The van der Waals surface area contributed by atoms with E-state index >= 15 is 0 Å². The van der Waals surface area contributed by atoms with Crippen LogP contribution < -0.4 is 5.32 Å². The monoisotopic (exact) mass is 294 g/mol. The van der Waals surface area contributed by atoms with E-state index in [-0.39, 0.29) is 23.8 Å². The molecule has 2 amide bonds. The number of nitrogens with one attached hydrogen (secondary N) is 1. The summed E-state index contributed by atoms with van der Waals surface area (Å²) in [6.07, 6.45) is 10.7. The van der Waals surface area contributed by atoms with E-state index in [1.54, 1.807) is 4.90 Å². The third-order valence-electron chi connectivity index (χ3n) is 4.23. The highest BCUT2D eigenvalue weighted by molar-refractivity contribution is 5.87. The van der Waals surface area contributed by atoms with Gasteiger partial charge in [-0.1, -0.05) is 32.4 Å². The molecular weight excluding hydrogens is 264 g/mol. The maximum atomic E-state index is 12.6. The second-order valence-electron chi connectivity index (χ2n) is 6.05. The van der Waals surface area contributed by atoms with Crippen LogP contribution in [0.5, 0.6) is 0 Å². The van der Waals surface area contributed by atoms with Gasteiger partial charge in [-0.3, -0.25) is 9.59 Å². The first-order valence-electron chi connectivity index (χ1n) is 8.25. The molecule has 1 heterocycles. The first-order chi connectivity index (χ1) is 10.1. The molecule has 0 bridgehead atoms. The van der Waals surface area contributed by atoms with E-state index < -0.39 is 0 Å². The number of carbonyl (C=O) groups is 2. The summed E-state index contributed by atoms with van der Waals surface area (Å²) in [6, 6.07) is -0.383. The molecule has 0 aromatic heterocycles. The summed E-state index contributed by atoms with van der Waals surface area (Å²) in [5, 5.41) is 2.95. The maximum absolute atomic E-state index is 12.6. The fraction of sp³-hybridized carbons (Fsp3) is 0.765. The van der Waals surface area contributed by atoms with Crippen LogP contribution in [0.4, 0.5) is 0 Å². The zero-order valence-electron chi connectivity index (χ0n) is 13.7. The van der Waals surface area contributed by atoms with Gasteiger partial charge in [-0.25, -0.2) is 0 Å². The van der Waals surface area contributed by atoms with E-state index in [2.05, 4.69) is 24.4 Å². The SMILES string of the molecule is CC[C@H](C)C1NC(=O)CCCC/C=C/CCCN(C)C1=O. The minimum atomic E-state index is -0.383. The van der Waals surface area contributed by atoms with Gasteiger partial charge in [0, 0.05) is 20.0 Å². The Kier molecular flexibility index (Phi) is 8.09. The lowest BCUT2D eigenvalue weighted by Crippen LogP contribution is -2.50. The number of allylic oxidation sites excluding steroid dienone is 2. The molecular formula is C17H30N2O2. The molecule has 1 unspecified atom stereocenters. The highest BCUT2D eigenvalue weighted by Crippen LogP contribution is 2.12. The van der Waals surface area contributed by atoms with Crippen molar-refractivity contribution in [2.24, 2.45) is 5.92 Å². The Labute approximate surface area is 129 Å². The molecule has 120 valence electrons. The fourth-order valence-electron chi connectivity index (χ4n) is 2.51. The summed E-state index contributed by atoms with van der Waals surface area (Å²) >= 11 is 0. The van der Waals surface area contributed by atoms with Crippen LogP contribution in [0.2, 0.25) is 0 Å². The molecule has 0 fully saturated rings. The number of hydrogen-bond donors (Lipinski definition) is 1. The average Bonchev–Trinajstić information content (AvgIpc) is 2.48. The molecule has 0 aliphatic carbocycles. The molecule has 1 aliphatic heterocycles. The molecule has 0 saturated heterocycles. The molecule has 1 rings (SSSR count). The lowest BCUT2D eigenvalue weighted by atomic mass is 9.97. The van der Waals surface area contributed by atoms with Crippen LogP contribution in [0.15, 0.2) is 12.2 Å². The third kappa shape index (κ3) is 6.32. The van der Waals surface area contributed by atoms with Gasteiger partial charge in [0.2, 0.25) is 11.8 Å². The smallest absolute Gasteiger partial charge is 0.245 e. The maximum Gasteiger partial charge on any atom is 0.245 e. The second-order valence-corrected chi connectivity index (χ2v) is 6.05. The van der Waals surface area contributed by atoms with E-state index in [0.29, 0.717) is 6.42 Å². The van der Waals surface area contributed by atoms with Crippen LogP contribution in [0.25, 0.3) is 0 Å². The van der Waals surface area contributed by atoms with Gasteiger partial charge in [0.25, 0.3) is 0 Å².